The summed E-state index contributed by atoms with van der Waals surface area (Å²) < 4.78 is 0. The highest BCUT2D eigenvalue weighted by Gasteiger charge is 2.28. The van der Waals surface area contributed by atoms with E-state index in [1.54, 1.807) is 0 Å². The lowest BCUT2D eigenvalue weighted by molar-refractivity contribution is -0.137. The highest BCUT2D eigenvalue weighted by atomic mass is 35.5. The Morgan fingerprint density at radius 3 is 2.59 bits per heavy atom. The number of carbonyl (C=O) groups is 1. The van der Waals surface area contributed by atoms with Crippen LogP contribution >= 0.6 is 12.4 Å². The summed E-state index contributed by atoms with van der Waals surface area (Å²) in [6.45, 7) is 7.17. The SMILES string of the molecule is CC1CN(CC2CCNCC2)CC(=O)N1C.Cl. The van der Waals surface area contributed by atoms with E-state index in [-0.39, 0.29) is 18.3 Å². The number of piperidine rings is 1. The fourth-order valence-electron chi connectivity index (χ4n) is 2.68. The topological polar surface area (TPSA) is 35.6 Å². The molecule has 0 bridgehead atoms. The number of likely N-dealkylation sites (N-methyl/N-ethyl adjacent to an activating group) is 1. The van der Waals surface area contributed by atoms with E-state index in [0.29, 0.717) is 12.6 Å². The molecular weight excluding hydrogens is 238 g/mol. The van der Waals surface area contributed by atoms with Crippen molar-refractivity contribution in [1.82, 2.24) is 15.1 Å². The molecule has 0 aromatic carbocycles. The van der Waals surface area contributed by atoms with Gasteiger partial charge in [0.25, 0.3) is 0 Å². The van der Waals surface area contributed by atoms with E-state index in [9.17, 15) is 4.79 Å². The molecule has 1 atom stereocenters. The molecule has 2 aliphatic heterocycles. The molecule has 2 heterocycles. The number of piperazine rings is 1. The minimum atomic E-state index is 0. The number of hydrogen-bond donors (Lipinski definition) is 1. The average molecular weight is 262 g/mol. The quantitative estimate of drug-likeness (QED) is 0.790. The van der Waals surface area contributed by atoms with Crippen LogP contribution in [0.5, 0.6) is 0 Å². The Hall–Kier alpha value is -0.320. The zero-order chi connectivity index (χ0) is 11.5. The van der Waals surface area contributed by atoms with Crippen LogP contribution in [0, 0.1) is 5.92 Å². The van der Waals surface area contributed by atoms with Crippen LogP contribution in [0.2, 0.25) is 0 Å². The molecule has 5 heteroatoms. The monoisotopic (exact) mass is 261 g/mol. The molecule has 0 saturated carbocycles. The Kier molecular flexibility index (Phi) is 5.70. The molecule has 0 aromatic heterocycles. The first-order valence-electron chi connectivity index (χ1n) is 6.35. The highest BCUT2D eigenvalue weighted by Crippen LogP contribution is 2.16. The summed E-state index contributed by atoms with van der Waals surface area (Å²) in [5, 5.41) is 3.38. The maximum Gasteiger partial charge on any atom is 0.236 e. The maximum absolute atomic E-state index is 11.7. The molecule has 0 radical (unpaired) electrons. The van der Waals surface area contributed by atoms with Crippen LogP contribution in [0.25, 0.3) is 0 Å². The first kappa shape index (κ1) is 14.7. The first-order chi connectivity index (χ1) is 7.66. The average Bonchev–Trinajstić information content (AvgIpc) is 2.27. The summed E-state index contributed by atoms with van der Waals surface area (Å²) >= 11 is 0. The van der Waals surface area contributed by atoms with Gasteiger partial charge in [-0.2, -0.15) is 0 Å². The fraction of sp³-hybridized carbons (Fsp3) is 0.917. The minimum absolute atomic E-state index is 0. The van der Waals surface area contributed by atoms with Gasteiger partial charge in [-0.3, -0.25) is 9.69 Å². The molecule has 4 nitrogen and oxygen atoms in total. The molecule has 1 amide bonds. The van der Waals surface area contributed by atoms with Gasteiger partial charge in [-0.1, -0.05) is 0 Å². The Morgan fingerprint density at radius 1 is 1.35 bits per heavy atom. The predicted octanol–water partition coefficient (Wildman–Crippen LogP) is 0.570. The number of nitrogens with zero attached hydrogens (tertiary/aromatic N) is 2. The van der Waals surface area contributed by atoms with Crippen molar-refractivity contribution < 1.29 is 4.79 Å². The second-order valence-corrected chi connectivity index (χ2v) is 5.24. The van der Waals surface area contributed by atoms with Gasteiger partial charge in [-0.25, -0.2) is 0 Å². The maximum atomic E-state index is 11.7. The Labute approximate surface area is 110 Å². The third kappa shape index (κ3) is 3.83. The molecule has 2 saturated heterocycles. The van der Waals surface area contributed by atoms with Crippen LogP contribution in [-0.2, 0) is 4.79 Å². The second kappa shape index (κ2) is 6.57. The lowest BCUT2D eigenvalue weighted by Gasteiger charge is -2.39. The van der Waals surface area contributed by atoms with Gasteiger partial charge in [0.1, 0.15) is 0 Å². The third-order valence-electron chi connectivity index (χ3n) is 3.91. The number of amides is 1. The van der Waals surface area contributed by atoms with E-state index in [2.05, 4.69) is 17.1 Å². The standard InChI is InChI=1S/C12H23N3O.ClH/c1-10-7-15(9-12(16)14(10)2)8-11-3-5-13-6-4-11;/h10-11,13H,3-9H2,1-2H3;1H. The van der Waals surface area contributed by atoms with E-state index in [0.717, 1.165) is 32.1 Å². The minimum Gasteiger partial charge on any atom is -0.341 e. The van der Waals surface area contributed by atoms with Crippen molar-refractivity contribution in [2.75, 3.05) is 39.8 Å². The first-order valence-corrected chi connectivity index (χ1v) is 6.35. The molecule has 1 unspecified atom stereocenters. The third-order valence-corrected chi connectivity index (χ3v) is 3.91. The normalized spacial score (nSPS) is 28.0. The summed E-state index contributed by atoms with van der Waals surface area (Å²) in [7, 11) is 1.91. The molecule has 0 spiro atoms. The molecule has 1 N–H and O–H groups in total. The number of rotatable bonds is 2. The Balaban J connectivity index is 0.00000144. The van der Waals surface area contributed by atoms with Gasteiger partial charge in [0.2, 0.25) is 5.91 Å². The molecule has 0 aromatic rings. The number of hydrogen-bond acceptors (Lipinski definition) is 3. The van der Waals surface area contributed by atoms with Crippen molar-refractivity contribution in [1.29, 1.82) is 0 Å². The van der Waals surface area contributed by atoms with E-state index in [1.165, 1.54) is 12.8 Å². The molecule has 2 aliphatic rings. The molecule has 17 heavy (non-hydrogen) atoms. The van der Waals surface area contributed by atoms with Gasteiger partial charge in [0.15, 0.2) is 0 Å². The van der Waals surface area contributed by atoms with Crippen LogP contribution in [0.1, 0.15) is 19.8 Å². The van der Waals surface area contributed by atoms with E-state index in [4.69, 9.17) is 0 Å². The van der Waals surface area contributed by atoms with Gasteiger partial charge in [0, 0.05) is 26.2 Å². The zero-order valence-electron chi connectivity index (χ0n) is 10.8. The summed E-state index contributed by atoms with van der Waals surface area (Å²) in [5.74, 6) is 1.05. The van der Waals surface area contributed by atoms with Gasteiger partial charge in [0.05, 0.1) is 6.54 Å². The van der Waals surface area contributed by atoms with Gasteiger partial charge < -0.3 is 10.2 Å². The van der Waals surface area contributed by atoms with Crippen LogP contribution in [0.4, 0.5) is 0 Å². The van der Waals surface area contributed by atoms with E-state index < -0.39 is 0 Å². The molecule has 2 rings (SSSR count). The molecular formula is C12H24ClN3O. The summed E-state index contributed by atoms with van der Waals surface area (Å²) in [5.41, 5.74) is 0. The van der Waals surface area contributed by atoms with E-state index >= 15 is 0 Å². The van der Waals surface area contributed by atoms with Crippen LogP contribution in [0.3, 0.4) is 0 Å². The Bertz CT molecular complexity index is 256. The number of nitrogens with one attached hydrogen (secondary N) is 1. The van der Waals surface area contributed by atoms with Crippen molar-refractivity contribution in [3.63, 3.8) is 0 Å². The summed E-state index contributed by atoms with van der Waals surface area (Å²) in [6, 6.07) is 0.364. The summed E-state index contributed by atoms with van der Waals surface area (Å²) in [4.78, 5) is 15.9. The lowest BCUT2D eigenvalue weighted by Crippen LogP contribution is -2.54. The predicted molar refractivity (Wildman–Crippen MR) is 71.5 cm³/mol. The molecule has 0 aliphatic carbocycles. The van der Waals surface area contributed by atoms with Crippen molar-refractivity contribution in [2.24, 2.45) is 5.92 Å². The second-order valence-electron chi connectivity index (χ2n) is 5.24. The van der Waals surface area contributed by atoms with E-state index in [1.807, 2.05) is 11.9 Å². The summed E-state index contributed by atoms with van der Waals surface area (Å²) in [6.07, 6.45) is 2.52. The van der Waals surface area contributed by atoms with Crippen LogP contribution in [0.15, 0.2) is 0 Å². The van der Waals surface area contributed by atoms with Gasteiger partial charge >= 0.3 is 0 Å². The van der Waals surface area contributed by atoms with Gasteiger partial charge in [-0.05, 0) is 38.8 Å². The van der Waals surface area contributed by atoms with Crippen molar-refractivity contribution in [2.45, 2.75) is 25.8 Å². The zero-order valence-corrected chi connectivity index (χ0v) is 11.6. The highest BCUT2D eigenvalue weighted by molar-refractivity contribution is 5.85. The largest absolute Gasteiger partial charge is 0.341 e. The van der Waals surface area contributed by atoms with Crippen LogP contribution in [-0.4, -0.2) is 61.5 Å². The number of carbonyl (C=O) groups excluding carboxylic acids is 1. The number of halogens is 1. The van der Waals surface area contributed by atoms with Gasteiger partial charge in [-0.15, -0.1) is 12.4 Å². The van der Waals surface area contributed by atoms with Crippen molar-refractivity contribution in [3.05, 3.63) is 0 Å². The Morgan fingerprint density at radius 2 is 2.00 bits per heavy atom. The van der Waals surface area contributed by atoms with Crippen LogP contribution < -0.4 is 5.32 Å². The molecule has 100 valence electrons. The molecule has 2 fully saturated rings. The lowest BCUT2D eigenvalue weighted by atomic mass is 9.97. The fourth-order valence-corrected chi connectivity index (χ4v) is 2.68. The smallest absolute Gasteiger partial charge is 0.236 e. The van der Waals surface area contributed by atoms with Crippen molar-refractivity contribution >= 4 is 18.3 Å². The van der Waals surface area contributed by atoms with Crippen molar-refractivity contribution in [3.8, 4) is 0 Å².